The molecular weight excluding hydrogens is 408 g/mol. The van der Waals surface area contributed by atoms with Gasteiger partial charge in [0.15, 0.2) is 0 Å². The summed E-state index contributed by atoms with van der Waals surface area (Å²) < 4.78 is 11.5. The normalized spacial score (nSPS) is 11.6. The minimum absolute atomic E-state index is 0.174. The van der Waals surface area contributed by atoms with Crippen LogP contribution in [0.4, 0.5) is 11.4 Å². The second-order valence-electron chi connectivity index (χ2n) is 6.33. The molecule has 30 heavy (non-hydrogen) atoms. The molecule has 3 rings (SSSR count). The highest BCUT2D eigenvalue weighted by Crippen LogP contribution is 2.21. The molecule has 0 aliphatic rings. The van der Waals surface area contributed by atoms with E-state index in [1.165, 1.54) is 11.6 Å². The van der Waals surface area contributed by atoms with Gasteiger partial charge in [-0.25, -0.2) is 4.79 Å². The number of carbonyl (C=O) groups excluding carboxylic acids is 2. The number of amides is 2. The van der Waals surface area contributed by atoms with Crippen molar-refractivity contribution in [1.29, 1.82) is 0 Å². The zero-order chi connectivity index (χ0) is 21.7. The maximum Gasteiger partial charge on any atom is 0.442 e. The average Bonchev–Trinajstić information content (AvgIpc) is 3.09. The number of H-pyrrole nitrogens is 1. The summed E-state index contributed by atoms with van der Waals surface area (Å²) in [6, 6.07) is 13.8. The monoisotopic (exact) mass is 429 g/mol. The summed E-state index contributed by atoms with van der Waals surface area (Å²) in [6.07, 6.45) is 0. The highest BCUT2D eigenvalue weighted by Gasteiger charge is 2.29. The van der Waals surface area contributed by atoms with Gasteiger partial charge < -0.3 is 15.4 Å². The quantitative estimate of drug-likeness (QED) is 0.392. The minimum Gasteiger partial charge on any atom is -0.497 e. The van der Waals surface area contributed by atoms with Crippen LogP contribution in [0.3, 0.4) is 0 Å². The standard InChI is InChI=1S/C20H20N4O5S/c1-12(18(26)22-15-6-4-14(5-7-15)21-13(2)25)30-19-20(27)29-23-24(19)16-8-10-17(28-3)11-9-16/h4-12,23,27H,1-3H3/p+1. The first-order valence-corrected chi connectivity index (χ1v) is 9.88. The third-order valence-corrected chi connectivity index (χ3v) is 5.21. The van der Waals surface area contributed by atoms with E-state index in [1.54, 1.807) is 62.6 Å². The number of aromatic amines is 1. The molecule has 1 unspecified atom stereocenters. The van der Waals surface area contributed by atoms with E-state index in [2.05, 4.69) is 15.9 Å². The molecule has 2 amide bonds. The molecular formula is C20H21N4O5S+. The van der Waals surface area contributed by atoms with Crippen molar-refractivity contribution in [2.75, 3.05) is 17.7 Å². The summed E-state index contributed by atoms with van der Waals surface area (Å²) in [5.41, 5.74) is 1.29. The predicted octanol–water partition coefficient (Wildman–Crippen LogP) is 2.33. The zero-order valence-electron chi connectivity index (χ0n) is 16.6. The van der Waals surface area contributed by atoms with Crippen LogP contribution in [0.25, 0.3) is 5.69 Å². The molecule has 2 aromatic carbocycles. The Balaban J connectivity index is 1.70. The Kier molecular flexibility index (Phi) is 6.58. The molecule has 0 saturated carbocycles. The van der Waals surface area contributed by atoms with E-state index >= 15 is 0 Å². The van der Waals surface area contributed by atoms with Crippen molar-refractivity contribution >= 4 is 35.0 Å². The van der Waals surface area contributed by atoms with Crippen molar-refractivity contribution in [3.05, 3.63) is 59.0 Å². The molecule has 1 heterocycles. The van der Waals surface area contributed by atoms with Gasteiger partial charge in [-0.1, -0.05) is 0 Å². The van der Waals surface area contributed by atoms with Crippen LogP contribution < -0.4 is 25.7 Å². The fraction of sp³-hybridized carbons (Fsp3) is 0.200. The Morgan fingerprint density at radius 3 is 2.23 bits per heavy atom. The molecule has 0 fully saturated rings. The maximum atomic E-state index is 12.6. The van der Waals surface area contributed by atoms with Crippen molar-refractivity contribution in [3.63, 3.8) is 0 Å². The molecule has 156 valence electrons. The smallest absolute Gasteiger partial charge is 0.442 e. The number of rotatable bonds is 7. The van der Waals surface area contributed by atoms with E-state index in [4.69, 9.17) is 9.26 Å². The van der Waals surface area contributed by atoms with Gasteiger partial charge in [-0.3, -0.25) is 14.1 Å². The van der Waals surface area contributed by atoms with Crippen molar-refractivity contribution in [2.24, 2.45) is 0 Å². The average molecular weight is 429 g/mol. The molecule has 0 aliphatic carbocycles. The van der Waals surface area contributed by atoms with Crippen LogP contribution >= 0.6 is 11.8 Å². The van der Waals surface area contributed by atoms with E-state index in [9.17, 15) is 14.4 Å². The molecule has 1 aromatic heterocycles. The van der Waals surface area contributed by atoms with Gasteiger partial charge in [0.1, 0.15) is 5.75 Å². The van der Waals surface area contributed by atoms with Crippen LogP contribution in [0.2, 0.25) is 0 Å². The SMILES string of the molecule is COc1ccc(-[n+]2[nH]oc(=O)c2SC(C)C(=O)Nc2ccc(NC(C)=O)cc2)cc1. The van der Waals surface area contributed by atoms with Crippen molar-refractivity contribution in [2.45, 2.75) is 24.1 Å². The highest BCUT2D eigenvalue weighted by molar-refractivity contribution is 8.00. The number of hydrogen-bond acceptors (Lipinski definition) is 6. The van der Waals surface area contributed by atoms with Gasteiger partial charge in [-0.2, -0.15) is 0 Å². The minimum atomic E-state index is -0.580. The highest BCUT2D eigenvalue weighted by atomic mass is 32.2. The fourth-order valence-electron chi connectivity index (χ4n) is 2.57. The summed E-state index contributed by atoms with van der Waals surface area (Å²) in [7, 11) is 1.57. The Bertz CT molecular complexity index is 1090. The molecule has 1 atom stereocenters. The first-order chi connectivity index (χ1) is 14.4. The van der Waals surface area contributed by atoms with Crippen LogP contribution in [0.15, 0.2) is 62.9 Å². The third-order valence-electron chi connectivity index (χ3n) is 4.07. The van der Waals surface area contributed by atoms with Gasteiger partial charge in [0.2, 0.25) is 17.5 Å². The molecule has 0 bridgehead atoms. The molecule has 10 heteroatoms. The number of carbonyl (C=O) groups is 2. The van der Waals surface area contributed by atoms with Crippen LogP contribution in [0.5, 0.6) is 5.75 Å². The molecule has 3 aromatic rings. The van der Waals surface area contributed by atoms with Crippen molar-refractivity contribution < 1.29 is 23.5 Å². The third kappa shape index (κ3) is 5.09. The van der Waals surface area contributed by atoms with Crippen LogP contribution in [-0.2, 0) is 9.59 Å². The molecule has 3 N–H and O–H groups in total. The number of anilines is 2. The number of methoxy groups -OCH3 is 1. The maximum absolute atomic E-state index is 12.6. The lowest BCUT2D eigenvalue weighted by Crippen LogP contribution is -2.37. The number of ether oxygens (including phenoxy) is 1. The molecule has 0 saturated heterocycles. The number of nitrogens with one attached hydrogen (secondary N) is 3. The van der Waals surface area contributed by atoms with Crippen molar-refractivity contribution in [1.82, 2.24) is 5.27 Å². The Hall–Kier alpha value is -3.53. The van der Waals surface area contributed by atoms with Gasteiger partial charge in [0.05, 0.1) is 12.4 Å². The summed E-state index contributed by atoms with van der Waals surface area (Å²) >= 11 is 1.07. The lowest BCUT2D eigenvalue weighted by atomic mass is 10.2. The van der Waals surface area contributed by atoms with Gasteiger partial charge >= 0.3 is 10.7 Å². The zero-order valence-corrected chi connectivity index (χ0v) is 17.4. The Morgan fingerprint density at radius 1 is 1.07 bits per heavy atom. The topological polar surface area (TPSA) is 117 Å². The van der Waals surface area contributed by atoms with E-state index in [0.717, 1.165) is 11.8 Å². The molecule has 0 radical (unpaired) electrons. The second-order valence-corrected chi connectivity index (χ2v) is 7.66. The van der Waals surface area contributed by atoms with Crippen LogP contribution in [0, 0.1) is 0 Å². The summed E-state index contributed by atoms with van der Waals surface area (Å²) in [5.74, 6) is 0.220. The van der Waals surface area contributed by atoms with Gasteiger partial charge in [-0.15, -0.1) is 0 Å². The Morgan fingerprint density at radius 2 is 1.67 bits per heavy atom. The molecule has 9 nitrogen and oxygen atoms in total. The van der Waals surface area contributed by atoms with E-state index in [0.29, 0.717) is 22.8 Å². The summed E-state index contributed by atoms with van der Waals surface area (Å²) in [6.45, 7) is 3.11. The van der Waals surface area contributed by atoms with Crippen LogP contribution in [0.1, 0.15) is 13.8 Å². The van der Waals surface area contributed by atoms with E-state index in [1.807, 2.05) is 0 Å². The molecule has 0 spiro atoms. The first-order valence-electron chi connectivity index (χ1n) is 9.00. The fourth-order valence-corrected chi connectivity index (χ4v) is 3.46. The second kappa shape index (κ2) is 9.31. The predicted molar refractivity (Wildman–Crippen MR) is 112 cm³/mol. The van der Waals surface area contributed by atoms with E-state index in [-0.39, 0.29) is 16.8 Å². The molecule has 0 aliphatic heterocycles. The number of nitrogens with zero attached hydrogens (tertiary/aromatic N) is 1. The Labute approximate surface area is 176 Å². The van der Waals surface area contributed by atoms with Crippen molar-refractivity contribution in [3.8, 4) is 11.4 Å². The summed E-state index contributed by atoms with van der Waals surface area (Å²) in [4.78, 5) is 35.8. The first kappa shape index (κ1) is 21.2. The number of benzene rings is 2. The number of thioether (sulfide) groups is 1. The summed E-state index contributed by atoms with van der Waals surface area (Å²) in [5, 5.41) is 7.65. The largest absolute Gasteiger partial charge is 0.497 e. The lowest BCUT2D eigenvalue weighted by Gasteiger charge is -2.10. The lowest BCUT2D eigenvalue weighted by molar-refractivity contribution is -0.704. The number of aromatic nitrogens is 2. The number of hydrogen-bond donors (Lipinski definition) is 3. The van der Waals surface area contributed by atoms with Gasteiger partial charge in [-0.05, 0) is 65.0 Å². The van der Waals surface area contributed by atoms with Gasteiger partial charge in [0.25, 0.3) is 0 Å². The van der Waals surface area contributed by atoms with Gasteiger partial charge in [0, 0.05) is 30.4 Å². The van der Waals surface area contributed by atoms with Crippen LogP contribution in [-0.4, -0.2) is 29.4 Å². The van der Waals surface area contributed by atoms with E-state index < -0.39 is 10.9 Å².